The summed E-state index contributed by atoms with van der Waals surface area (Å²) in [6, 6.07) is -0.265. The van der Waals surface area contributed by atoms with Crippen LogP contribution in [0.15, 0.2) is 0 Å². The monoisotopic (exact) mass is 276 g/mol. The molecular weight excluding hydrogens is 256 g/mol. The van der Waals surface area contributed by atoms with Gasteiger partial charge in [-0.3, -0.25) is 9.00 Å². The Kier molecular flexibility index (Phi) is 5.58. The van der Waals surface area contributed by atoms with E-state index < -0.39 is 22.7 Å². The Balaban J connectivity index is 2.35. The second kappa shape index (κ2) is 6.72. The molecule has 0 radical (unpaired) electrons. The molecule has 1 rings (SSSR count). The lowest BCUT2D eigenvalue weighted by Gasteiger charge is -2.16. The van der Waals surface area contributed by atoms with Crippen molar-refractivity contribution in [3.05, 3.63) is 0 Å². The predicted molar refractivity (Wildman–Crippen MR) is 68.8 cm³/mol. The SMILES string of the molecule is CCS(=O)CCNC(=O)N1CC(C)C(C(=O)O)C1. The van der Waals surface area contributed by atoms with Crippen LogP contribution in [0.25, 0.3) is 0 Å². The van der Waals surface area contributed by atoms with Crippen LogP contribution >= 0.6 is 0 Å². The number of amides is 2. The first-order valence-corrected chi connectivity index (χ1v) is 7.55. The first kappa shape index (κ1) is 14.9. The van der Waals surface area contributed by atoms with Crippen LogP contribution in [0.1, 0.15) is 13.8 Å². The lowest BCUT2D eigenvalue weighted by Crippen LogP contribution is -2.40. The highest BCUT2D eigenvalue weighted by molar-refractivity contribution is 7.84. The molecular formula is C11H20N2O4S. The van der Waals surface area contributed by atoms with E-state index in [1.165, 1.54) is 4.90 Å². The van der Waals surface area contributed by atoms with Crippen LogP contribution in [-0.4, -0.2) is 57.4 Å². The van der Waals surface area contributed by atoms with E-state index in [2.05, 4.69) is 5.32 Å². The quantitative estimate of drug-likeness (QED) is 0.746. The Morgan fingerprint density at radius 3 is 2.61 bits per heavy atom. The van der Waals surface area contributed by atoms with Gasteiger partial charge in [-0.15, -0.1) is 0 Å². The Hall–Kier alpha value is -1.11. The minimum atomic E-state index is -0.894. The fourth-order valence-corrected chi connectivity index (χ4v) is 2.60. The van der Waals surface area contributed by atoms with Gasteiger partial charge in [0.25, 0.3) is 0 Å². The molecule has 2 amide bonds. The van der Waals surface area contributed by atoms with Gasteiger partial charge in [-0.1, -0.05) is 13.8 Å². The van der Waals surface area contributed by atoms with Crippen molar-refractivity contribution in [2.24, 2.45) is 11.8 Å². The molecule has 0 bridgehead atoms. The van der Waals surface area contributed by atoms with E-state index in [1.54, 1.807) is 0 Å². The van der Waals surface area contributed by atoms with Gasteiger partial charge in [0.1, 0.15) is 0 Å². The summed E-state index contributed by atoms with van der Waals surface area (Å²) in [5.41, 5.74) is 0. The van der Waals surface area contributed by atoms with Gasteiger partial charge in [0, 0.05) is 41.9 Å². The fraction of sp³-hybridized carbons (Fsp3) is 0.818. The van der Waals surface area contributed by atoms with Gasteiger partial charge in [-0.05, 0) is 5.92 Å². The first-order valence-electron chi connectivity index (χ1n) is 6.06. The van der Waals surface area contributed by atoms with Gasteiger partial charge in [0.2, 0.25) is 0 Å². The highest BCUT2D eigenvalue weighted by Crippen LogP contribution is 2.22. The number of nitrogens with zero attached hydrogens (tertiary/aromatic N) is 1. The van der Waals surface area contributed by atoms with Crippen molar-refractivity contribution in [1.29, 1.82) is 0 Å². The van der Waals surface area contributed by atoms with Gasteiger partial charge in [-0.25, -0.2) is 4.79 Å². The van der Waals surface area contributed by atoms with Crippen LogP contribution < -0.4 is 5.32 Å². The van der Waals surface area contributed by atoms with E-state index in [-0.39, 0.29) is 18.5 Å². The predicted octanol–water partition coefficient (Wildman–Crippen LogP) is 0.117. The molecule has 104 valence electrons. The summed E-state index contributed by atoms with van der Waals surface area (Å²) in [5.74, 6) is -0.352. The molecule has 0 aromatic rings. The minimum Gasteiger partial charge on any atom is -0.481 e. The summed E-state index contributed by atoms with van der Waals surface area (Å²) in [6.45, 7) is 4.73. The zero-order valence-electron chi connectivity index (χ0n) is 10.7. The van der Waals surface area contributed by atoms with Gasteiger partial charge >= 0.3 is 12.0 Å². The van der Waals surface area contributed by atoms with Gasteiger partial charge in [0.15, 0.2) is 0 Å². The molecule has 7 heteroatoms. The molecule has 1 saturated heterocycles. The molecule has 1 heterocycles. The summed E-state index contributed by atoms with van der Waals surface area (Å²) >= 11 is 0. The number of hydrogen-bond acceptors (Lipinski definition) is 3. The second-order valence-corrected chi connectivity index (χ2v) is 6.36. The number of nitrogens with one attached hydrogen (secondary N) is 1. The molecule has 3 unspecified atom stereocenters. The van der Waals surface area contributed by atoms with E-state index in [9.17, 15) is 13.8 Å². The van der Waals surface area contributed by atoms with E-state index >= 15 is 0 Å². The van der Waals surface area contributed by atoms with Crippen molar-refractivity contribution in [2.75, 3.05) is 31.1 Å². The molecule has 1 aliphatic rings. The summed E-state index contributed by atoms with van der Waals surface area (Å²) < 4.78 is 11.2. The third kappa shape index (κ3) is 3.97. The Morgan fingerprint density at radius 1 is 1.44 bits per heavy atom. The molecule has 0 aliphatic carbocycles. The van der Waals surface area contributed by atoms with Crippen molar-refractivity contribution >= 4 is 22.8 Å². The number of urea groups is 1. The lowest BCUT2D eigenvalue weighted by molar-refractivity contribution is -0.142. The topological polar surface area (TPSA) is 86.7 Å². The summed E-state index contributed by atoms with van der Waals surface area (Å²) in [7, 11) is -0.894. The second-order valence-electron chi connectivity index (χ2n) is 4.49. The molecule has 1 aliphatic heterocycles. The van der Waals surface area contributed by atoms with Crippen LogP contribution in [-0.2, 0) is 15.6 Å². The third-order valence-electron chi connectivity index (χ3n) is 3.14. The van der Waals surface area contributed by atoms with Crippen molar-refractivity contribution in [3.8, 4) is 0 Å². The van der Waals surface area contributed by atoms with Crippen molar-refractivity contribution in [3.63, 3.8) is 0 Å². The lowest BCUT2D eigenvalue weighted by atomic mass is 9.99. The molecule has 0 saturated carbocycles. The van der Waals surface area contributed by atoms with Gasteiger partial charge in [0.05, 0.1) is 5.92 Å². The average Bonchev–Trinajstić information content (AvgIpc) is 2.71. The molecule has 3 atom stereocenters. The summed E-state index contributed by atoms with van der Waals surface area (Å²) in [4.78, 5) is 24.2. The Bertz CT molecular complexity index is 348. The molecule has 6 nitrogen and oxygen atoms in total. The Morgan fingerprint density at radius 2 is 2.11 bits per heavy atom. The normalized spacial score (nSPS) is 24.9. The fourth-order valence-electron chi connectivity index (χ4n) is 1.98. The van der Waals surface area contributed by atoms with E-state index in [0.717, 1.165) is 0 Å². The maximum Gasteiger partial charge on any atom is 0.317 e. The maximum atomic E-state index is 11.8. The largest absolute Gasteiger partial charge is 0.481 e. The number of carbonyl (C=O) groups is 2. The molecule has 2 N–H and O–H groups in total. The number of carbonyl (C=O) groups excluding carboxylic acids is 1. The zero-order chi connectivity index (χ0) is 13.7. The number of hydrogen-bond donors (Lipinski definition) is 2. The zero-order valence-corrected chi connectivity index (χ0v) is 11.5. The van der Waals surface area contributed by atoms with E-state index in [4.69, 9.17) is 5.11 Å². The molecule has 0 spiro atoms. The number of carboxylic acid groups (broad SMARTS) is 1. The van der Waals surface area contributed by atoms with E-state index in [1.807, 2.05) is 13.8 Å². The van der Waals surface area contributed by atoms with Gasteiger partial charge in [-0.2, -0.15) is 0 Å². The van der Waals surface area contributed by atoms with Crippen molar-refractivity contribution in [1.82, 2.24) is 10.2 Å². The Labute approximate surface area is 109 Å². The van der Waals surface area contributed by atoms with Crippen LogP contribution in [0, 0.1) is 11.8 Å². The van der Waals surface area contributed by atoms with Crippen LogP contribution in [0.4, 0.5) is 4.79 Å². The number of aliphatic carboxylic acids is 1. The number of carboxylic acids is 1. The molecule has 0 aromatic heterocycles. The van der Waals surface area contributed by atoms with Crippen LogP contribution in [0.5, 0.6) is 0 Å². The minimum absolute atomic E-state index is 0.0296. The van der Waals surface area contributed by atoms with Crippen molar-refractivity contribution in [2.45, 2.75) is 13.8 Å². The smallest absolute Gasteiger partial charge is 0.317 e. The maximum absolute atomic E-state index is 11.8. The van der Waals surface area contributed by atoms with Crippen molar-refractivity contribution < 1.29 is 18.9 Å². The highest BCUT2D eigenvalue weighted by atomic mass is 32.2. The standard InChI is InChI=1S/C11H20N2O4S/c1-3-18(17)5-4-12-11(16)13-6-8(2)9(7-13)10(14)15/h8-9H,3-7H2,1-2H3,(H,12,16)(H,14,15). The summed E-state index contributed by atoms with van der Waals surface area (Å²) in [6.07, 6.45) is 0. The third-order valence-corrected chi connectivity index (χ3v) is 4.45. The average molecular weight is 276 g/mol. The molecule has 0 aromatic carbocycles. The van der Waals surface area contributed by atoms with E-state index in [0.29, 0.717) is 24.6 Å². The van der Waals surface area contributed by atoms with Crippen LogP contribution in [0.2, 0.25) is 0 Å². The molecule has 18 heavy (non-hydrogen) atoms. The summed E-state index contributed by atoms with van der Waals surface area (Å²) in [5, 5.41) is 11.6. The number of rotatable bonds is 5. The highest BCUT2D eigenvalue weighted by Gasteiger charge is 2.36. The number of likely N-dealkylation sites (tertiary alicyclic amines) is 1. The molecule has 1 fully saturated rings. The van der Waals surface area contributed by atoms with Crippen LogP contribution in [0.3, 0.4) is 0 Å². The first-order chi connectivity index (χ1) is 8.45. The van der Waals surface area contributed by atoms with Gasteiger partial charge < -0.3 is 15.3 Å².